The van der Waals surface area contributed by atoms with Gasteiger partial charge in [-0.15, -0.1) is 0 Å². The fraction of sp³-hybridized carbons (Fsp3) is 0.429. The monoisotopic (exact) mass is 265 g/mol. The Kier molecular flexibility index (Phi) is 8.03. The van der Waals surface area contributed by atoms with Crippen molar-refractivity contribution in [3.05, 3.63) is 6.04 Å². The van der Waals surface area contributed by atoms with E-state index in [-0.39, 0.29) is 29.6 Å². The molecule has 0 saturated heterocycles. The average Bonchev–Trinajstić information content (AvgIpc) is 2.21. The molecule has 0 saturated carbocycles. The molecular formula is C7H7F3NNaO5. The van der Waals surface area contributed by atoms with Gasteiger partial charge < -0.3 is 14.8 Å². The molecule has 0 aromatic rings. The Balaban J connectivity index is 0. The summed E-state index contributed by atoms with van der Waals surface area (Å²) in [5.74, 6) is -5.35. The topological polar surface area (TPSA) is 81.7 Å². The van der Waals surface area contributed by atoms with Crippen LogP contribution in [0.2, 0.25) is 0 Å². The van der Waals surface area contributed by atoms with Crippen molar-refractivity contribution in [2.75, 3.05) is 14.2 Å². The largest absolute Gasteiger partial charge is 1.00 e. The van der Waals surface area contributed by atoms with Crippen LogP contribution in [-0.4, -0.2) is 38.2 Å². The summed E-state index contributed by atoms with van der Waals surface area (Å²) < 4.78 is 43.4. The molecule has 0 aromatic heterocycles. The first-order valence-electron chi connectivity index (χ1n) is 3.65. The number of hydrogen-bond acceptors (Lipinski definition) is 5. The number of hydrogen-bond donors (Lipinski definition) is 1. The molecule has 1 amide bonds. The summed E-state index contributed by atoms with van der Waals surface area (Å²) in [6.45, 7) is 0. The Bertz CT molecular complexity index is 290. The standard InChI is InChI=1S/C7H7F3NO5.Na/c1-15-4(12)3(5(13)16-2)11-6(14)7(8,9)10;/h1-2H3,(H,11,14);/q-1;+1. The van der Waals surface area contributed by atoms with E-state index in [1.54, 1.807) is 0 Å². The van der Waals surface area contributed by atoms with Crippen LogP contribution in [0.15, 0.2) is 0 Å². The van der Waals surface area contributed by atoms with Crippen molar-refractivity contribution < 1.29 is 66.6 Å². The summed E-state index contributed by atoms with van der Waals surface area (Å²) in [5, 5.41) is 1.06. The van der Waals surface area contributed by atoms with E-state index >= 15 is 0 Å². The Morgan fingerprint density at radius 2 is 1.41 bits per heavy atom. The van der Waals surface area contributed by atoms with Crippen molar-refractivity contribution in [1.82, 2.24) is 5.32 Å². The van der Waals surface area contributed by atoms with Crippen LogP contribution in [0.1, 0.15) is 0 Å². The van der Waals surface area contributed by atoms with Crippen LogP contribution in [0, 0.1) is 6.04 Å². The first-order chi connectivity index (χ1) is 7.23. The summed E-state index contributed by atoms with van der Waals surface area (Å²) in [6, 6.07) is -1.24. The number of methoxy groups -OCH3 is 2. The zero-order chi connectivity index (χ0) is 12.9. The minimum absolute atomic E-state index is 0. The molecule has 0 aromatic carbocycles. The van der Waals surface area contributed by atoms with Gasteiger partial charge in [-0.3, -0.25) is 14.4 Å². The predicted molar refractivity (Wildman–Crippen MR) is 41.5 cm³/mol. The van der Waals surface area contributed by atoms with Crippen molar-refractivity contribution in [2.24, 2.45) is 0 Å². The van der Waals surface area contributed by atoms with Gasteiger partial charge in [-0.1, -0.05) is 6.04 Å². The van der Waals surface area contributed by atoms with Gasteiger partial charge >= 0.3 is 41.6 Å². The number of ether oxygens (including phenoxy) is 2. The van der Waals surface area contributed by atoms with Gasteiger partial charge in [-0.25, -0.2) is 0 Å². The van der Waals surface area contributed by atoms with Crippen LogP contribution in [0.3, 0.4) is 0 Å². The number of halogens is 3. The summed E-state index contributed by atoms with van der Waals surface area (Å²) >= 11 is 0. The molecule has 0 atom stereocenters. The van der Waals surface area contributed by atoms with Crippen LogP contribution >= 0.6 is 0 Å². The molecule has 0 rings (SSSR count). The predicted octanol–water partition coefficient (Wildman–Crippen LogP) is -3.45. The second kappa shape index (κ2) is 7.41. The van der Waals surface area contributed by atoms with E-state index in [9.17, 15) is 27.6 Å². The quantitative estimate of drug-likeness (QED) is 0.248. The van der Waals surface area contributed by atoms with Gasteiger partial charge in [0.05, 0.1) is 14.2 Å². The van der Waals surface area contributed by atoms with Gasteiger partial charge in [0.25, 0.3) is 0 Å². The van der Waals surface area contributed by atoms with E-state index in [1.807, 2.05) is 0 Å². The summed E-state index contributed by atoms with van der Waals surface area (Å²) in [5.41, 5.74) is 0. The fourth-order valence-electron chi connectivity index (χ4n) is 0.574. The molecule has 0 fully saturated rings. The molecule has 1 N–H and O–H groups in total. The normalized spacial score (nSPS) is 9.71. The number of alkyl halides is 3. The SMILES string of the molecule is COC(=O)[C-](NC(=O)C(F)(F)F)C(=O)OC.[Na+]. The number of rotatable bonds is 3. The minimum Gasteiger partial charge on any atom is -0.489 e. The van der Waals surface area contributed by atoms with Gasteiger partial charge in [-0.05, 0) is 0 Å². The zero-order valence-electron chi connectivity index (χ0n) is 9.18. The molecule has 17 heavy (non-hydrogen) atoms. The number of esters is 2. The first-order valence-corrected chi connectivity index (χ1v) is 3.65. The number of carbonyl (C=O) groups excluding carboxylic acids is 3. The molecule has 0 aliphatic heterocycles. The fourth-order valence-corrected chi connectivity index (χ4v) is 0.574. The first kappa shape index (κ1) is 18.4. The third-order valence-corrected chi connectivity index (χ3v) is 1.28. The molecule has 0 heterocycles. The average molecular weight is 265 g/mol. The van der Waals surface area contributed by atoms with Crippen LogP contribution in [-0.2, 0) is 23.9 Å². The molecule has 92 valence electrons. The molecule has 0 spiro atoms. The van der Waals surface area contributed by atoms with Gasteiger partial charge in [0.2, 0.25) is 0 Å². The van der Waals surface area contributed by atoms with Gasteiger partial charge in [-0.2, -0.15) is 13.2 Å². The third-order valence-electron chi connectivity index (χ3n) is 1.28. The van der Waals surface area contributed by atoms with E-state index in [2.05, 4.69) is 9.47 Å². The molecule has 0 unspecified atom stereocenters. The molecule has 10 heteroatoms. The van der Waals surface area contributed by atoms with E-state index in [4.69, 9.17) is 0 Å². The molecular weight excluding hydrogens is 258 g/mol. The molecule has 0 aliphatic carbocycles. The van der Waals surface area contributed by atoms with Crippen LogP contribution in [0.4, 0.5) is 13.2 Å². The Hall–Kier alpha value is -0.930. The Morgan fingerprint density at radius 1 is 1.06 bits per heavy atom. The van der Waals surface area contributed by atoms with E-state index < -0.39 is 30.1 Å². The maximum absolute atomic E-state index is 11.8. The van der Waals surface area contributed by atoms with Crippen LogP contribution in [0.5, 0.6) is 0 Å². The van der Waals surface area contributed by atoms with Crippen molar-refractivity contribution in [3.8, 4) is 0 Å². The number of amides is 1. The Labute approximate surface area is 116 Å². The number of carbonyl (C=O) groups is 3. The molecule has 6 nitrogen and oxygen atoms in total. The van der Waals surface area contributed by atoms with Gasteiger partial charge in [0.1, 0.15) is 0 Å². The van der Waals surface area contributed by atoms with Gasteiger partial charge in [0, 0.05) is 0 Å². The van der Waals surface area contributed by atoms with Crippen LogP contribution < -0.4 is 34.9 Å². The second-order valence-electron chi connectivity index (χ2n) is 2.31. The van der Waals surface area contributed by atoms with Crippen LogP contribution in [0.25, 0.3) is 0 Å². The number of nitrogens with one attached hydrogen (secondary N) is 1. The zero-order valence-corrected chi connectivity index (χ0v) is 11.2. The van der Waals surface area contributed by atoms with Crippen molar-refractivity contribution in [1.29, 1.82) is 0 Å². The maximum atomic E-state index is 11.8. The molecule has 0 aliphatic rings. The third kappa shape index (κ3) is 5.80. The maximum Gasteiger partial charge on any atom is 1.00 e. The summed E-state index contributed by atoms with van der Waals surface area (Å²) in [4.78, 5) is 32.1. The van der Waals surface area contributed by atoms with Gasteiger partial charge in [0.15, 0.2) is 11.9 Å². The van der Waals surface area contributed by atoms with Crippen molar-refractivity contribution in [3.63, 3.8) is 0 Å². The van der Waals surface area contributed by atoms with E-state index in [0.717, 1.165) is 19.5 Å². The summed E-state index contributed by atoms with van der Waals surface area (Å²) in [6.07, 6.45) is -5.23. The van der Waals surface area contributed by atoms with E-state index in [1.165, 1.54) is 0 Å². The van der Waals surface area contributed by atoms with E-state index in [0.29, 0.717) is 0 Å². The Morgan fingerprint density at radius 3 is 1.65 bits per heavy atom. The van der Waals surface area contributed by atoms with Crippen molar-refractivity contribution >= 4 is 17.8 Å². The molecule has 0 radical (unpaired) electrons. The summed E-state index contributed by atoms with van der Waals surface area (Å²) in [7, 11) is 1.65. The second-order valence-corrected chi connectivity index (χ2v) is 2.31. The molecule has 0 bridgehead atoms. The smallest absolute Gasteiger partial charge is 0.489 e. The minimum atomic E-state index is -5.23. The van der Waals surface area contributed by atoms with Crippen molar-refractivity contribution in [2.45, 2.75) is 6.18 Å².